The van der Waals surface area contributed by atoms with Crippen molar-refractivity contribution >= 4 is 0 Å². The van der Waals surface area contributed by atoms with E-state index in [0.29, 0.717) is 11.5 Å². The first-order valence-electron chi connectivity index (χ1n) is 5.15. The van der Waals surface area contributed by atoms with E-state index in [-0.39, 0.29) is 6.61 Å². The van der Waals surface area contributed by atoms with Gasteiger partial charge in [0.2, 0.25) is 0 Å². The van der Waals surface area contributed by atoms with Crippen LogP contribution in [-0.2, 0) is 0 Å². The molecule has 0 unspecified atom stereocenters. The predicted octanol–water partition coefficient (Wildman–Crippen LogP) is 2.02. The molecule has 0 amide bonds. The molecule has 0 saturated carbocycles. The fourth-order valence-corrected chi connectivity index (χ4v) is 1.25. The summed E-state index contributed by atoms with van der Waals surface area (Å²) in [5.41, 5.74) is 0.937. The van der Waals surface area contributed by atoms with Gasteiger partial charge in [0.05, 0.1) is 0 Å². The molecule has 0 radical (unpaired) electrons. The van der Waals surface area contributed by atoms with Gasteiger partial charge < -0.3 is 9.52 Å². The monoisotopic (exact) mass is 222 g/mol. The van der Waals surface area contributed by atoms with Crippen molar-refractivity contribution in [1.29, 1.82) is 0 Å². The van der Waals surface area contributed by atoms with Crippen molar-refractivity contribution in [1.82, 2.24) is 0 Å². The molecule has 2 rings (SSSR count). The molecule has 2 heteroatoms. The lowest BCUT2D eigenvalue weighted by molar-refractivity contribution is 0.350. The zero-order valence-corrected chi connectivity index (χ0v) is 9.10. The van der Waals surface area contributed by atoms with Crippen molar-refractivity contribution in [2.75, 3.05) is 6.61 Å². The van der Waals surface area contributed by atoms with Gasteiger partial charge in [-0.05, 0) is 36.1 Å². The summed E-state index contributed by atoms with van der Waals surface area (Å²) in [5.74, 6) is 12.2. The number of hydrogen-bond donors (Lipinski definition) is 1. The first-order chi connectivity index (χ1) is 8.38. The lowest BCUT2D eigenvalue weighted by atomic mass is 10.2. The number of benzene rings is 1. The number of furan rings is 1. The van der Waals surface area contributed by atoms with Crippen molar-refractivity contribution < 1.29 is 9.52 Å². The first-order valence-corrected chi connectivity index (χ1v) is 5.15. The van der Waals surface area contributed by atoms with Crippen LogP contribution in [0.4, 0.5) is 0 Å². The highest BCUT2D eigenvalue weighted by molar-refractivity contribution is 5.40. The first kappa shape index (κ1) is 11.1. The highest BCUT2D eigenvalue weighted by atomic mass is 16.3. The Labute approximate surface area is 99.9 Å². The molecule has 0 bridgehead atoms. The average Bonchev–Trinajstić information content (AvgIpc) is 2.83. The van der Waals surface area contributed by atoms with E-state index in [0.717, 1.165) is 5.56 Å². The lowest BCUT2D eigenvalue weighted by Gasteiger charge is -1.85. The Bertz CT molecular complexity index is 601. The minimum absolute atomic E-state index is 0.175. The third-order valence-electron chi connectivity index (χ3n) is 2.00. The summed E-state index contributed by atoms with van der Waals surface area (Å²) < 4.78 is 5.35. The molecule has 0 fully saturated rings. The summed E-state index contributed by atoms with van der Waals surface area (Å²) in [6.07, 6.45) is 0. The minimum atomic E-state index is -0.175. The summed E-state index contributed by atoms with van der Waals surface area (Å²) in [6, 6.07) is 13.2. The Morgan fingerprint density at radius 1 is 0.882 bits per heavy atom. The van der Waals surface area contributed by atoms with Gasteiger partial charge in [0.1, 0.15) is 6.61 Å². The number of aliphatic hydroxyl groups is 1. The minimum Gasteiger partial charge on any atom is -0.439 e. The molecule has 2 aromatic rings. The van der Waals surface area contributed by atoms with Crippen LogP contribution in [0.3, 0.4) is 0 Å². The Hall–Kier alpha value is -2.42. The molecular formula is C15H10O2. The van der Waals surface area contributed by atoms with Crippen LogP contribution in [0.25, 0.3) is 0 Å². The second-order valence-corrected chi connectivity index (χ2v) is 3.24. The van der Waals surface area contributed by atoms with Crippen molar-refractivity contribution in [3.05, 3.63) is 59.5 Å². The van der Waals surface area contributed by atoms with E-state index in [1.807, 2.05) is 30.3 Å². The van der Waals surface area contributed by atoms with Crippen LogP contribution >= 0.6 is 0 Å². The maximum absolute atomic E-state index is 8.54. The smallest absolute Gasteiger partial charge is 0.178 e. The maximum Gasteiger partial charge on any atom is 0.178 e. The van der Waals surface area contributed by atoms with E-state index < -0.39 is 0 Å². The average molecular weight is 222 g/mol. The molecule has 1 heterocycles. The van der Waals surface area contributed by atoms with Gasteiger partial charge in [-0.25, -0.2) is 0 Å². The van der Waals surface area contributed by atoms with E-state index in [2.05, 4.69) is 23.7 Å². The molecule has 1 aromatic heterocycles. The molecule has 1 aromatic carbocycles. The zero-order valence-electron chi connectivity index (χ0n) is 9.10. The molecule has 2 nitrogen and oxygen atoms in total. The lowest BCUT2D eigenvalue weighted by Crippen LogP contribution is -1.73. The molecule has 0 aliphatic carbocycles. The Morgan fingerprint density at radius 3 is 2.29 bits per heavy atom. The largest absolute Gasteiger partial charge is 0.439 e. The Balaban J connectivity index is 2.15. The van der Waals surface area contributed by atoms with Crippen molar-refractivity contribution in [3.63, 3.8) is 0 Å². The fraction of sp³-hybridized carbons (Fsp3) is 0.0667. The molecule has 0 aliphatic heterocycles. The van der Waals surface area contributed by atoms with E-state index in [1.165, 1.54) is 0 Å². The SMILES string of the molecule is OCC#Cc1ccc(C#Cc2ccccc2)o1. The van der Waals surface area contributed by atoms with Crippen LogP contribution in [0.5, 0.6) is 0 Å². The van der Waals surface area contributed by atoms with Crippen molar-refractivity contribution in [2.24, 2.45) is 0 Å². The molecule has 0 spiro atoms. The summed E-state index contributed by atoms with van der Waals surface area (Å²) in [6.45, 7) is -0.175. The second-order valence-electron chi connectivity index (χ2n) is 3.24. The quantitative estimate of drug-likeness (QED) is 0.692. The third-order valence-corrected chi connectivity index (χ3v) is 2.00. The van der Waals surface area contributed by atoms with Crippen LogP contribution in [0, 0.1) is 23.7 Å². The molecular weight excluding hydrogens is 212 g/mol. The molecule has 0 saturated heterocycles. The molecule has 0 atom stereocenters. The van der Waals surface area contributed by atoms with Gasteiger partial charge in [-0.15, -0.1) is 0 Å². The standard InChI is InChI=1S/C15H10O2/c16-12-4-7-14-10-11-15(17-14)9-8-13-5-2-1-3-6-13/h1-3,5-6,10-11,16H,12H2. The topological polar surface area (TPSA) is 33.4 Å². The van der Waals surface area contributed by atoms with Crippen LogP contribution in [0.1, 0.15) is 17.1 Å². The van der Waals surface area contributed by atoms with Crippen molar-refractivity contribution in [3.8, 4) is 23.7 Å². The summed E-state index contributed by atoms with van der Waals surface area (Å²) in [4.78, 5) is 0. The van der Waals surface area contributed by atoms with Crippen LogP contribution in [0.2, 0.25) is 0 Å². The van der Waals surface area contributed by atoms with Gasteiger partial charge >= 0.3 is 0 Å². The number of aliphatic hydroxyl groups excluding tert-OH is 1. The Kier molecular flexibility index (Phi) is 3.65. The molecule has 17 heavy (non-hydrogen) atoms. The molecule has 0 aliphatic rings. The normalized spacial score (nSPS) is 8.76. The van der Waals surface area contributed by atoms with E-state index in [9.17, 15) is 0 Å². The third kappa shape index (κ3) is 3.28. The number of hydrogen-bond acceptors (Lipinski definition) is 2. The zero-order chi connectivity index (χ0) is 11.9. The van der Waals surface area contributed by atoms with Gasteiger partial charge in [0.25, 0.3) is 0 Å². The van der Waals surface area contributed by atoms with Crippen LogP contribution < -0.4 is 0 Å². The van der Waals surface area contributed by atoms with Crippen LogP contribution in [-0.4, -0.2) is 11.7 Å². The maximum atomic E-state index is 8.54. The van der Waals surface area contributed by atoms with E-state index in [1.54, 1.807) is 12.1 Å². The molecule has 82 valence electrons. The van der Waals surface area contributed by atoms with Gasteiger partial charge in [-0.1, -0.05) is 30.0 Å². The van der Waals surface area contributed by atoms with Crippen molar-refractivity contribution in [2.45, 2.75) is 0 Å². The van der Waals surface area contributed by atoms with E-state index in [4.69, 9.17) is 9.52 Å². The van der Waals surface area contributed by atoms with E-state index >= 15 is 0 Å². The fourth-order valence-electron chi connectivity index (χ4n) is 1.25. The Morgan fingerprint density at radius 2 is 1.59 bits per heavy atom. The highest BCUT2D eigenvalue weighted by Crippen LogP contribution is 2.05. The summed E-state index contributed by atoms with van der Waals surface area (Å²) in [7, 11) is 0. The van der Waals surface area contributed by atoms with Gasteiger partial charge in [-0.3, -0.25) is 0 Å². The summed E-state index contributed by atoms with van der Waals surface area (Å²) >= 11 is 0. The summed E-state index contributed by atoms with van der Waals surface area (Å²) in [5, 5.41) is 8.54. The highest BCUT2D eigenvalue weighted by Gasteiger charge is 1.94. The predicted molar refractivity (Wildman–Crippen MR) is 65.1 cm³/mol. The number of rotatable bonds is 0. The van der Waals surface area contributed by atoms with Gasteiger partial charge in [0, 0.05) is 5.56 Å². The van der Waals surface area contributed by atoms with Crippen LogP contribution in [0.15, 0.2) is 46.9 Å². The van der Waals surface area contributed by atoms with Gasteiger partial charge in [-0.2, -0.15) is 0 Å². The molecule has 1 N–H and O–H groups in total. The second kappa shape index (κ2) is 5.61. The van der Waals surface area contributed by atoms with Gasteiger partial charge in [0.15, 0.2) is 11.5 Å².